The van der Waals surface area contributed by atoms with E-state index in [1.54, 1.807) is 29.4 Å². The highest BCUT2D eigenvalue weighted by atomic mass is 32.2. The topological polar surface area (TPSA) is 79.5 Å². The van der Waals surface area contributed by atoms with E-state index in [0.29, 0.717) is 5.56 Å². The highest BCUT2D eigenvalue weighted by molar-refractivity contribution is 8.00. The van der Waals surface area contributed by atoms with Crippen molar-refractivity contribution in [2.24, 2.45) is 5.73 Å². The molecule has 6 heteroatoms. The number of amides is 1. The summed E-state index contributed by atoms with van der Waals surface area (Å²) in [6.07, 6.45) is 5.28. The number of aliphatic hydroxyl groups is 1. The molecule has 0 unspecified atom stereocenters. The van der Waals surface area contributed by atoms with E-state index in [2.05, 4.69) is 4.98 Å². The molecule has 2 rings (SSSR count). The molecule has 2 atom stereocenters. The van der Waals surface area contributed by atoms with Crippen LogP contribution in [-0.2, 0) is 4.79 Å². The molecule has 0 spiro atoms. The highest BCUT2D eigenvalue weighted by Crippen LogP contribution is 2.28. The van der Waals surface area contributed by atoms with Crippen molar-refractivity contribution in [2.75, 3.05) is 13.1 Å². The zero-order valence-electron chi connectivity index (χ0n) is 10.0. The molecule has 0 aromatic carbocycles. The summed E-state index contributed by atoms with van der Waals surface area (Å²) >= 11 is 1.06. The first-order valence-corrected chi connectivity index (χ1v) is 6.90. The molecule has 0 aliphatic carbocycles. The van der Waals surface area contributed by atoms with E-state index in [4.69, 9.17) is 5.73 Å². The third-order valence-electron chi connectivity index (χ3n) is 2.93. The SMILES string of the molecule is N[C@@H](S[C@@H](O)c1ccncc1)C(=O)N1CCCC1. The molecule has 1 aliphatic rings. The van der Waals surface area contributed by atoms with E-state index in [-0.39, 0.29) is 5.91 Å². The Morgan fingerprint density at radius 3 is 2.61 bits per heavy atom. The standard InChI is InChI=1S/C12H17N3O2S/c13-10(11(16)15-7-1-2-8-15)18-12(17)9-3-5-14-6-4-9/h3-6,10,12,17H,1-2,7-8,13H2/t10-,12+/m0/s1. The summed E-state index contributed by atoms with van der Waals surface area (Å²) in [6.45, 7) is 1.55. The molecule has 5 nitrogen and oxygen atoms in total. The number of nitrogens with zero attached hydrogens (tertiary/aromatic N) is 2. The zero-order valence-corrected chi connectivity index (χ0v) is 10.8. The van der Waals surface area contributed by atoms with Crippen LogP contribution in [0.5, 0.6) is 0 Å². The number of thioether (sulfide) groups is 1. The van der Waals surface area contributed by atoms with Crippen LogP contribution >= 0.6 is 11.8 Å². The van der Waals surface area contributed by atoms with E-state index in [9.17, 15) is 9.90 Å². The van der Waals surface area contributed by atoms with Crippen molar-refractivity contribution in [1.29, 1.82) is 0 Å². The third kappa shape index (κ3) is 3.22. The number of aliphatic hydroxyl groups excluding tert-OH is 1. The van der Waals surface area contributed by atoms with E-state index >= 15 is 0 Å². The molecule has 1 aromatic heterocycles. The summed E-state index contributed by atoms with van der Waals surface area (Å²) in [5, 5.41) is 9.25. The van der Waals surface area contributed by atoms with Gasteiger partial charge in [0.2, 0.25) is 5.91 Å². The molecule has 0 radical (unpaired) electrons. The van der Waals surface area contributed by atoms with Crippen LogP contribution in [0.1, 0.15) is 23.8 Å². The van der Waals surface area contributed by atoms with E-state index in [0.717, 1.165) is 37.7 Å². The molecule has 1 amide bonds. The molecular weight excluding hydrogens is 250 g/mol. The quantitative estimate of drug-likeness (QED) is 0.786. The average Bonchev–Trinajstić information content (AvgIpc) is 2.92. The van der Waals surface area contributed by atoms with Gasteiger partial charge in [-0.1, -0.05) is 11.8 Å². The van der Waals surface area contributed by atoms with Crippen molar-refractivity contribution < 1.29 is 9.90 Å². The smallest absolute Gasteiger partial charge is 0.249 e. The number of aromatic nitrogens is 1. The van der Waals surface area contributed by atoms with Gasteiger partial charge in [0.1, 0.15) is 10.8 Å². The maximum absolute atomic E-state index is 12.0. The Bertz CT molecular complexity index is 396. The van der Waals surface area contributed by atoms with Crippen LogP contribution in [0.25, 0.3) is 0 Å². The van der Waals surface area contributed by atoms with Crippen LogP contribution in [0, 0.1) is 0 Å². The zero-order chi connectivity index (χ0) is 13.0. The molecule has 2 heterocycles. The number of nitrogens with two attached hydrogens (primary N) is 1. The number of carbonyl (C=O) groups excluding carboxylic acids is 1. The lowest BCUT2D eigenvalue weighted by Gasteiger charge is -2.21. The third-order valence-corrected chi connectivity index (χ3v) is 3.95. The van der Waals surface area contributed by atoms with Gasteiger partial charge in [-0.3, -0.25) is 9.78 Å². The summed E-state index contributed by atoms with van der Waals surface area (Å²) < 4.78 is 0. The summed E-state index contributed by atoms with van der Waals surface area (Å²) in [6, 6.07) is 3.43. The van der Waals surface area contributed by atoms with Crippen molar-refractivity contribution >= 4 is 17.7 Å². The maximum atomic E-state index is 12.0. The Balaban J connectivity index is 1.90. The van der Waals surface area contributed by atoms with Gasteiger partial charge in [0.15, 0.2) is 0 Å². The normalized spacial score (nSPS) is 18.7. The minimum absolute atomic E-state index is 0.0920. The van der Waals surface area contributed by atoms with Crippen LogP contribution in [0.15, 0.2) is 24.5 Å². The lowest BCUT2D eigenvalue weighted by atomic mass is 10.3. The summed E-state index contributed by atoms with van der Waals surface area (Å²) in [4.78, 5) is 17.6. The summed E-state index contributed by atoms with van der Waals surface area (Å²) in [7, 11) is 0. The minimum atomic E-state index is -0.797. The number of hydrogen-bond donors (Lipinski definition) is 2. The fourth-order valence-corrected chi connectivity index (χ4v) is 2.78. The Kier molecular flexibility index (Phi) is 4.57. The van der Waals surface area contributed by atoms with Gasteiger partial charge in [-0.25, -0.2) is 0 Å². The molecule has 1 fully saturated rings. The maximum Gasteiger partial charge on any atom is 0.249 e. The molecule has 1 saturated heterocycles. The Morgan fingerprint density at radius 1 is 1.39 bits per heavy atom. The second-order valence-corrected chi connectivity index (χ2v) is 5.45. The van der Waals surface area contributed by atoms with Gasteiger partial charge in [0.05, 0.1) is 0 Å². The van der Waals surface area contributed by atoms with Crippen molar-refractivity contribution in [3.63, 3.8) is 0 Å². The number of likely N-dealkylation sites (tertiary alicyclic amines) is 1. The van der Waals surface area contributed by atoms with Gasteiger partial charge >= 0.3 is 0 Å². The van der Waals surface area contributed by atoms with Gasteiger partial charge < -0.3 is 15.7 Å². The van der Waals surface area contributed by atoms with Gasteiger partial charge in [0.25, 0.3) is 0 Å². The molecule has 1 aliphatic heterocycles. The van der Waals surface area contributed by atoms with E-state index in [1.165, 1.54) is 0 Å². The van der Waals surface area contributed by atoms with Crippen molar-refractivity contribution in [2.45, 2.75) is 23.7 Å². The molecular formula is C12H17N3O2S. The predicted octanol–water partition coefficient (Wildman–Crippen LogP) is 0.713. The van der Waals surface area contributed by atoms with Crippen LogP contribution in [-0.4, -0.2) is 39.4 Å². The van der Waals surface area contributed by atoms with Crippen molar-refractivity contribution in [3.8, 4) is 0 Å². The van der Waals surface area contributed by atoms with E-state index in [1.807, 2.05) is 0 Å². The molecule has 0 saturated carbocycles. The Labute approximate surface area is 110 Å². The molecule has 98 valence electrons. The van der Waals surface area contributed by atoms with Crippen molar-refractivity contribution in [3.05, 3.63) is 30.1 Å². The molecule has 18 heavy (non-hydrogen) atoms. The van der Waals surface area contributed by atoms with Gasteiger partial charge in [-0.15, -0.1) is 0 Å². The predicted molar refractivity (Wildman–Crippen MR) is 70.6 cm³/mol. The van der Waals surface area contributed by atoms with Gasteiger partial charge in [-0.2, -0.15) is 0 Å². The molecule has 0 bridgehead atoms. The fraction of sp³-hybridized carbons (Fsp3) is 0.500. The van der Waals surface area contributed by atoms with Gasteiger partial charge in [-0.05, 0) is 30.5 Å². The number of rotatable bonds is 4. The van der Waals surface area contributed by atoms with Crippen LogP contribution in [0.4, 0.5) is 0 Å². The second kappa shape index (κ2) is 6.17. The monoisotopic (exact) mass is 267 g/mol. The van der Waals surface area contributed by atoms with Crippen molar-refractivity contribution in [1.82, 2.24) is 9.88 Å². The Hall–Kier alpha value is -1.11. The van der Waals surface area contributed by atoms with Crippen LogP contribution < -0.4 is 5.73 Å². The largest absolute Gasteiger partial charge is 0.378 e. The number of carbonyl (C=O) groups is 1. The minimum Gasteiger partial charge on any atom is -0.378 e. The fourth-order valence-electron chi connectivity index (χ4n) is 1.92. The first-order chi connectivity index (χ1) is 8.68. The van der Waals surface area contributed by atoms with E-state index < -0.39 is 10.8 Å². The number of hydrogen-bond acceptors (Lipinski definition) is 5. The lowest BCUT2D eigenvalue weighted by Crippen LogP contribution is -2.40. The molecule has 1 aromatic rings. The average molecular weight is 267 g/mol. The lowest BCUT2D eigenvalue weighted by molar-refractivity contribution is -0.129. The van der Waals surface area contributed by atoms with Crippen LogP contribution in [0.3, 0.4) is 0 Å². The Morgan fingerprint density at radius 2 is 2.00 bits per heavy atom. The molecule has 3 N–H and O–H groups in total. The first kappa shape index (κ1) is 13.3. The first-order valence-electron chi connectivity index (χ1n) is 5.96. The number of pyridine rings is 1. The highest BCUT2D eigenvalue weighted by Gasteiger charge is 2.26. The second-order valence-electron chi connectivity index (χ2n) is 4.22. The van der Waals surface area contributed by atoms with Gasteiger partial charge in [0, 0.05) is 25.5 Å². The van der Waals surface area contributed by atoms with Crippen LogP contribution in [0.2, 0.25) is 0 Å². The summed E-state index contributed by atoms with van der Waals surface area (Å²) in [5.41, 5.74) is 5.74. The summed E-state index contributed by atoms with van der Waals surface area (Å²) in [5.74, 6) is -0.0920.